The second-order valence-corrected chi connectivity index (χ2v) is 7.46. The van der Waals surface area contributed by atoms with Crippen molar-refractivity contribution in [2.24, 2.45) is 0 Å². The number of carbonyl (C=O) groups is 2. The van der Waals surface area contributed by atoms with Crippen molar-refractivity contribution >= 4 is 11.9 Å². The maximum absolute atomic E-state index is 13.2. The largest absolute Gasteiger partial charge is 0.504 e. The highest BCUT2D eigenvalue weighted by Gasteiger charge is 2.39. The number of carbonyl (C=O) groups excluding carboxylic acids is 2. The van der Waals surface area contributed by atoms with Crippen LogP contribution in [0.15, 0.2) is 43.5 Å². The molecule has 0 fully saturated rings. The number of aromatic hydroxyl groups is 2. The predicted molar refractivity (Wildman–Crippen MR) is 118 cm³/mol. The number of phenols is 2. The van der Waals surface area contributed by atoms with Crippen molar-refractivity contribution in [3.63, 3.8) is 0 Å². The Hall–Kier alpha value is -3.68. The summed E-state index contributed by atoms with van der Waals surface area (Å²) < 4.78 is 11.1. The van der Waals surface area contributed by atoms with Crippen LogP contribution in [0.3, 0.4) is 0 Å². The van der Waals surface area contributed by atoms with E-state index >= 15 is 0 Å². The Bertz CT molecular complexity index is 1050. The summed E-state index contributed by atoms with van der Waals surface area (Å²) in [6.45, 7) is 14.2. The summed E-state index contributed by atoms with van der Waals surface area (Å²) in [6.07, 6.45) is 1.82. The van der Waals surface area contributed by atoms with Crippen LogP contribution in [0.5, 0.6) is 11.5 Å². The number of hydrogen-bond donors (Lipinski definition) is 2. The van der Waals surface area contributed by atoms with Crippen molar-refractivity contribution in [3.05, 3.63) is 71.8 Å². The summed E-state index contributed by atoms with van der Waals surface area (Å²) in [4.78, 5) is 33.9. The first-order valence-electron chi connectivity index (χ1n) is 10.0. The third-order valence-electron chi connectivity index (χ3n) is 4.97. The molecule has 0 radical (unpaired) electrons. The molecule has 0 spiro atoms. The Balaban J connectivity index is 2.45. The maximum Gasteiger partial charge on any atom is 0.349 e. The second kappa shape index (κ2) is 10.1. The van der Waals surface area contributed by atoms with Crippen LogP contribution in [-0.2, 0) is 31.1 Å². The molecular weight excluding hydrogens is 412 g/mol. The Morgan fingerprint density at radius 3 is 2.31 bits per heavy atom. The van der Waals surface area contributed by atoms with Crippen LogP contribution in [0, 0.1) is 20.8 Å². The van der Waals surface area contributed by atoms with Crippen molar-refractivity contribution in [3.8, 4) is 11.5 Å². The number of rotatable bonds is 9. The standard InChI is InChI=1S/C24H28N2O6/c1-7-11-24(8-2,22-16(5)25-14(3)15(4)26-22)32-23(30)21(31-17(6)27)13-18-9-10-19(28)20(29)12-18/h7-10,12,21,28-29H,1-2,11,13H2,3-6H3/t21-,24?/m1/s1. The summed E-state index contributed by atoms with van der Waals surface area (Å²) in [5.74, 6) is -2.16. The molecule has 8 nitrogen and oxygen atoms in total. The number of aryl methyl sites for hydroxylation is 3. The van der Waals surface area contributed by atoms with E-state index in [4.69, 9.17) is 9.47 Å². The summed E-state index contributed by atoms with van der Waals surface area (Å²) in [5, 5.41) is 19.3. The van der Waals surface area contributed by atoms with Gasteiger partial charge in [-0.2, -0.15) is 0 Å². The number of nitrogens with zero attached hydrogens (tertiary/aromatic N) is 2. The van der Waals surface area contributed by atoms with Gasteiger partial charge < -0.3 is 19.7 Å². The van der Waals surface area contributed by atoms with Crippen LogP contribution in [0.4, 0.5) is 0 Å². The maximum atomic E-state index is 13.2. The first-order chi connectivity index (χ1) is 15.0. The Morgan fingerprint density at radius 2 is 1.75 bits per heavy atom. The lowest BCUT2D eigenvalue weighted by molar-refractivity contribution is -0.175. The molecule has 2 N–H and O–H groups in total. The molecule has 0 bridgehead atoms. The molecule has 1 aromatic heterocycles. The molecule has 0 saturated heterocycles. The molecule has 2 rings (SSSR count). The minimum Gasteiger partial charge on any atom is -0.504 e. The fraction of sp³-hybridized carbons (Fsp3) is 0.333. The number of hydrogen-bond acceptors (Lipinski definition) is 8. The van der Waals surface area contributed by atoms with E-state index in [9.17, 15) is 19.8 Å². The Kier molecular flexibility index (Phi) is 7.75. The second-order valence-electron chi connectivity index (χ2n) is 7.46. The van der Waals surface area contributed by atoms with Gasteiger partial charge in [0, 0.05) is 19.8 Å². The van der Waals surface area contributed by atoms with Gasteiger partial charge in [-0.1, -0.05) is 18.7 Å². The monoisotopic (exact) mass is 440 g/mol. The number of aromatic nitrogens is 2. The summed E-state index contributed by atoms with van der Waals surface area (Å²) in [5.41, 5.74) is 1.48. The summed E-state index contributed by atoms with van der Waals surface area (Å²) >= 11 is 0. The summed E-state index contributed by atoms with van der Waals surface area (Å²) in [6, 6.07) is 4.06. The molecule has 8 heteroatoms. The van der Waals surface area contributed by atoms with E-state index in [-0.39, 0.29) is 24.3 Å². The average molecular weight is 440 g/mol. The zero-order valence-corrected chi connectivity index (χ0v) is 18.7. The zero-order valence-electron chi connectivity index (χ0n) is 18.7. The van der Waals surface area contributed by atoms with Crippen LogP contribution in [0.2, 0.25) is 0 Å². The molecule has 0 saturated carbocycles. The molecule has 2 atom stereocenters. The fourth-order valence-corrected chi connectivity index (χ4v) is 3.27. The van der Waals surface area contributed by atoms with Crippen LogP contribution in [-0.4, -0.2) is 38.2 Å². The van der Waals surface area contributed by atoms with Gasteiger partial charge in [0.25, 0.3) is 0 Å². The molecule has 32 heavy (non-hydrogen) atoms. The van der Waals surface area contributed by atoms with E-state index in [0.29, 0.717) is 22.6 Å². The molecule has 1 aromatic carbocycles. The minimum absolute atomic E-state index is 0.0782. The van der Waals surface area contributed by atoms with Gasteiger partial charge in [0.1, 0.15) is 5.69 Å². The van der Waals surface area contributed by atoms with Gasteiger partial charge in [-0.3, -0.25) is 9.78 Å². The first kappa shape index (κ1) is 24.6. The lowest BCUT2D eigenvalue weighted by atomic mass is 9.92. The minimum atomic E-state index is -1.37. The van der Waals surface area contributed by atoms with Crippen molar-refractivity contribution in [1.29, 1.82) is 0 Å². The third-order valence-corrected chi connectivity index (χ3v) is 4.97. The van der Waals surface area contributed by atoms with Crippen LogP contribution in [0.1, 0.15) is 41.7 Å². The van der Waals surface area contributed by atoms with Gasteiger partial charge in [0.2, 0.25) is 6.10 Å². The first-order valence-corrected chi connectivity index (χ1v) is 10.0. The van der Waals surface area contributed by atoms with Gasteiger partial charge in [-0.05, 0) is 44.5 Å². The molecule has 0 amide bonds. The number of ether oxygens (including phenoxy) is 2. The molecule has 1 heterocycles. The van der Waals surface area contributed by atoms with E-state index in [2.05, 4.69) is 23.1 Å². The molecule has 0 aliphatic carbocycles. The Morgan fingerprint density at radius 1 is 1.09 bits per heavy atom. The molecule has 170 valence electrons. The smallest absolute Gasteiger partial charge is 0.349 e. The van der Waals surface area contributed by atoms with Crippen molar-refractivity contribution < 1.29 is 29.3 Å². The van der Waals surface area contributed by atoms with Crippen LogP contribution in [0.25, 0.3) is 0 Å². The van der Waals surface area contributed by atoms with Crippen LogP contribution < -0.4 is 0 Å². The highest BCUT2D eigenvalue weighted by atomic mass is 16.6. The lowest BCUT2D eigenvalue weighted by Crippen LogP contribution is -2.39. The van der Waals surface area contributed by atoms with Gasteiger partial charge in [-0.15, -0.1) is 6.58 Å². The van der Waals surface area contributed by atoms with E-state index in [1.54, 1.807) is 19.9 Å². The molecule has 2 aromatic rings. The number of phenolic OH excluding ortho intramolecular Hbond substituents is 2. The van der Waals surface area contributed by atoms with Gasteiger partial charge in [0.05, 0.1) is 17.1 Å². The SMILES string of the molecule is C=CCC(C=C)(OC(=O)[C@@H](Cc1ccc(O)c(O)c1)OC(C)=O)c1nc(C)c(C)nc1C. The highest BCUT2D eigenvalue weighted by Crippen LogP contribution is 2.34. The topological polar surface area (TPSA) is 119 Å². The lowest BCUT2D eigenvalue weighted by Gasteiger charge is -2.31. The van der Waals surface area contributed by atoms with E-state index in [0.717, 1.165) is 5.69 Å². The van der Waals surface area contributed by atoms with Crippen molar-refractivity contribution in [2.75, 3.05) is 0 Å². The predicted octanol–water partition coefficient (Wildman–Crippen LogP) is 3.49. The van der Waals surface area contributed by atoms with Gasteiger partial charge in [-0.25, -0.2) is 9.78 Å². The average Bonchev–Trinajstić information content (AvgIpc) is 2.72. The molecular formula is C24H28N2O6. The number of benzene rings is 1. The molecule has 1 unspecified atom stereocenters. The van der Waals surface area contributed by atoms with E-state index in [1.807, 2.05) is 6.92 Å². The van der Waals surface area contributed by atoms with Gasteiger partial charge >= 0.3 is 11.9 Å². The fourth-order valence-electron chi connectivity index (χ4n) is 3.27. The third kappa shape index (κ3) is 5.51. The Labute approximate surface area is 187 Å². The highest BCUT2D eigenvalue weighted by molar-refractivity contribution is 5.79. The molecule has 0 aliphatic rings. The number of esters is 2. The van der Waals surface area contributed by atoms with Crippen LogP contribution >= 0.6 is 0 Å². The van der Waals surface area contributed by atoms with E-state index in [1.165, 1.54) is 31.2 Å². The summed E-state index contributed by atoms with van der Waals surface area (Å²) in [7, 11) is 0. The van der Waals surface area contributed by atoms with Crippen molar-refractivity contribution in [2.45, 2.75) is 52.2 Å². The molecule has 0 aliphatic heterocycles. The van der Waals surface area contributed by atoms with E-state index < -0.39 is 23.6 Å². The zero-order chi connectivity index (χ0) is 24.1. The quantitative estimate of drug-likeness (QED) is 0.346. The van der Waals surface area contributed by atoms with Crippen molar-refractivity contribution in [1.82, 2.24) is 9.97 Å². The normalized spacial score (nSPS) is 13.5. The van der Waals surface area contributed by atoms with Gasteiger partial charge in [0.15, 0.2) is 17.1 Å².